The van der Waals surface area contributed by atoms with Crippen LogP contribution in [0.4, 0.5) is 13.2 Å². The standard InChI is InChI=1S/C9H10F3NO3/c1-13-4-6(8(14)15)2-3-7(13)16-5-9(10,11)12/h2-3H,4-5H2,1H3,(H,14,15). The molecule has 0 fully saturated rings. The van der Waals surface area contributed by atoms with Gasteiger partial charge in [0, 0.05) is 7.05 Å². The van der Waals surface area contributed by atoms with E-state index in [1.807, 2.05) is 0 Å². The summed E-state index contributed by atoms with van der Waals surface area (Å²) < 4.78 is 40.1. The average molecular weight is 237 g/mol. The van der Waals surface area contributed by atoms with Crippen molar-refractivity contribution in [3.8, 4) is 0 Å². The summed E-state index contributed by atoms with van der Waals surface area (Å²) in [4.78, 5) is 11.9. The molecule has 1 N–H and O–H groups in total. The maximum absolute atomic E-state index is 11.9. The first-order chi connectivity index (χ1) is 7.29. The van der Waals surface area contributed by atoms with E-state index in [1.54, 1.807) is 0 Å². The Morgan fingerprint density at radius 3 is 2.62 bits per heavy atom. The number of halogens is 3. The predicted octanol–water partition coefficient (Wildman–Crippen LogP) is 1.36. The van der Waals surface area contributed by atoms with Gasteiger partial charge in [0.1, 0.15) is 0 Å². The third-order valence-electron chi connectivity index (χ3n) is 1.87. The normalized spacial score (nSPS) is 16.6. The van der Waals surface area contributed by atoms with Crippen LogP contribution < -0.4 is 0 Å². The molecule has 0 bridgehead atoms. The Balaban J connectivity index is 2.65. The molecule has 1 aliphatic heterocycles. The number of aliphatic carboxylic acids is 1. The fourth-order valence-corrected chi connectivity index (χ4v) is 1.14. The monoisotopic (exact) mass is 237 g/mol. The number of allylic oxidation sites excluding steroid dienone is 2. The van der Waals surface area contributed by atoms with Crippen LogP contribution in [-0.2, 0) is 9.53 Å². The highest BCUT2D eigenvalue weighted by molar-refractivity contribution is 5.87. The van der Waals surface area contributed by atoms with Crippen LogP contribution in [0, 0.1) is 0 Å². The zero-order chi connectivity index (χ0) is 12.3. The van der Waals surface area contributed by atoms with Gasteiger partial charge in [-0.05, 0) is 12.2 Å². The molecule has 0 saturated carbocycles. The van der Waals surface area contributed by atoms with E-state index in [2.05, 4.69) is 4.74 Å². The summed E-state index contributed by atoms with van der Waals surface area (Å²) in [6.07, 6.45) is -1.97. The van der Waals surface area contributed by atoms with E-state index in [-0.39, 0.29) is 18.0 Å². The number of hydrogen-bond donors (Lipinski definition) is 1. The molecule has 0 saturated heterocycles. The molecule has 0 spiro atoms. The Morgan fingerprint density at radius 2 is 2.19 bits per heavy atom. The first-order valence-electron chi connectivity index (χ1n) is 4.34. The molecule has 90 valence electrons. The largest absolute Gasteiger partial charge is 0.478 e. The van der Waals surface area contributed by atoms with Gasteiger partial charge in [0.05, 0.1) is 12.1 Å². The minimum Gasteiger partial charge on any atom is -0.478 e. The van der Waals surface area contributed by atoms with Crippen molar-refractivity contribution in [2.24, 2.45) is 0 Å². The third-order valence-corrected chi connectivity index (χ3v) is 1.87. The Hall–Kier alpha value is -1.66. The molecule has 1 aliphatic rings. The molecule has 0 radical (unpaired) electrons. The van der Waals surface area contributed by atoms with Crippen LogP contribution >= 0.6 is 0 Å². The number of carbonyl (C=O) groups is 1. The van der Waals surface area contributed by atoms with Crippen LogP contribution in [-0.4, -0.2) is 42.4 Å². The summed E-state index contributed by atoms with van der Waals surface area (Å²) in [6.45, 7) is -1.38. The van der Waals surface area contributed by atoms with Crippen molar-refractivity contribution in [3.63, 3.8) is 0 Å². The molecule has 0 aromatic heterocycles. The second-order valence-corrected chi connectivity index (χ2v) is 3.26. The molecule has 1 rings (SSSR count). The number of nitrogens with zero attached hydrogens (tertiary/aromatic N) is 1. The lowest BCUT2D eigenvalue weighted by Crippen LogP contribution is -2.29. The SMILES string of the molecule is CN1CC(C(=O)O)=CC=C1OCC(F)(F)F. The van der Waals surface area contributed by atoms with E-state index in [0.717, 1.165) is 0 Å². The fourth-order valence-electron chi connectivity index (χ4n) is 1.14. The maximum Gasteiger partial charge on any atom is 0.422 e. The molecular weight excluding hydrogens is 227 g/mol. The first-order valence-corrected chi connectivity index (χ1v) is 4.34. The van der Waals surface area contributed by atoms with Crippen molar-refractivity contribution >= 4 is 5.97 Å². The van der Waals surface area contributed by atoms with Gasteiger partial charge in [0.2, 0.25) is 0 Å². The third kappa shape index (κ3) is 3.48. The second-order valence-electron chi connectivity index (χ2n) is 3.26. The second kappa shape index (κ2) is 4.46. The summed E-state index contributed by atoms with van der Waals surface area (Å²) in [5.41, 5.74) is 0.0989. The number of carboxylic acid groups (broad SMARTS) is 1. The lowest BCUT2D eigenvalue weighted by atomic mass is 10.2. The van der Waals surface area contributed by atoms with Crippen LogP contribution in [0.3, 0.4) is 0 Å². The molecule has 4 nitrogen and oxygen atoms in total. The van der Waals surface area contributed by atoms with Crippen LogP contribution in [0.5, 0.6) is 0 Å². The van der Waals surface area contributed by atoms with E-state index in [0.29, 0.717) is 0 Å². The quantitative estimate of drug-likeness (QED) is 0.805. The molecule has 1 heterocycles. The minimum absolute atomic E-state index is 0.00215. The molecule has 7 heteroatoms. The van der Waals surface area contributed by atoms with Gasteiger partial charge in [-0.2, -0.15) is 13.2 Å². The lowest BCUT2D eigenvalue weighted by Gasteiger charge is -2.25. The molecule has 16 heavy (non-hydrogen) atoms. The van der Waals surface area contributed by atoms with Gasteiger partial charge in [-0.15, -0.1) is 0 Å². The smallest absolute Gasteiger partial charge is 0.422 e. The van der Waals surface area contributed by atoms with E-state index < -0.39 is 18.8 Å². The first kappa shape index (κ1) is 12.4. The molecule has 0 atom stereocenters. The molecule has 0 aromatic rings. The zero-order valence-corrected chi connectivity index (χ0v) is 8.41. The highest BCUT2D eigenvalue weighted by Crippen LogP contribution is 2.20. The van der Waals surface area contributed by atoms with Crippen molar-refractivity contribution in [2.45, 2.75) is 6.18 Å². The predicted molar refractivity (Wildman–Crippen MR) is 48.4 cm³/mol. The van der Waals surface area contributed by atoms with Crippen molar-refractivity contribution in [3.05, 3.63) is 23.6 Å². The highest BCUT2D eigenvalue weighted by atomic mass is 19.4. The van der Waals surface area contributed by atoms with Crippen molar-refractivity contribution in [1.82, 2.24) is 4.90 Å². The van der Waals surface area contributed by atoms with Gasteiger partial charge < -0.3 is 14.7 Å². The molecular formula is C9H10F3NO3. The summed E-state index contributed by atoms with van der Waals surface area (Å²) >= 11 is 0. The Morgan fingerprint density at radius 1 is 1.56 bits per heavy atom. The van der Waals surface area contributed by atoms with Crippen molar-refractivity contribution in [1.29, 1.82) is 0 Å². The number of rotatable bonds is 3. The van der Waals surface area contributed by atoms with Crippen LogP contribution in [0.1, 0.15) is 0 Å². The van der Waals surface area contributed by atoms with Gasteiger partial charge >= 0.3 is 12.1 Å². The van der Waals surface area contributed by atoms with Gasteiger partial charge in [0.15, 0.2) is 12.5 Å². The molecule has 0 aromatic carbocycles. The zero-order valence-electron chi connectivity index (χ0n) is 8.41. The summed E-state index contributed by atoms with van der Waals surface area (Å²) in [5, 5.41) is 8.66. The van der Waals surface area contributed by atoms with Gasteiger partial charge in [-0.1, -0.05) is 0 Å². The van der Waals surface area contributed by atoms with Crippen LogP contribution in [0.25, 0.3) is 0 Å². The molecule has 0 amide bonds. The van der Waals surface area contributed by atoms with Crippen molar-refractivity contribution in [2.75, 3.05) is 20.2 Å². The number of ether oxygens (including phenoxy) is 1. The van der Waals surface area contributed by atoms with E-state index >= 15 is 0 Å². The topological polar surface area (TPSA) is 49.8 Å². The van der Waals surface area contributed by atoms with Crippen molar-refractivity contribution < 1.29 is 27.8 Å². The van der Waals surface area contributed by atoms with Gasteiger partial charge in [0.25, 0.3) is 0 Å². The number of alkyl halides is 3. The van der Waals surface area contributed by atoms with Gasteiger partial charge in [-0.25, -0.2) is 4.79 Å². The Labute approximate surface area is 89.6 Å². The lowest BCUT2D eigenvalue weighted by molar-refractivity contribution is -0.169. The molecule has 0 unspecified atom stereocenters. The van der Waals surface area contributed by atoms with Crippen LogP contribution in [0.15, 0.2) is 23.6 Å². The van der Waals surface area contributed by atoms with E-state index in [9.17, 15) is 18.0 Å². The van der Waals surface area contributed by atoms with E-state index in [4.69, 9.17) is 5.11 Å². The fraction of sp³-hybridized carbons (Fsp3) is 0.444. The van der Waals surface area contributed by atoms with Gasteiger partial charge in [-0.3, -0.25) is 0 Å². The highest BCUT2D eigenvalue weighted by Gasteiger charge is 2.30. The number of likely N-dealkylation sites (N-methyl/N-ethyl adjacent to an activating group) is 1. The number of hydrogen-bond acceptors (Lipinski definition) is 3. The number of carboxylic acids is 1. The summed E-state index contributed by atoms with van der Waals surface area (Å²) in [5.74, 6) is -1.10. The summed E-state index contributed by atoms with van der Waals surface area (Å²) in [7, 11) is 1.46. The van der Waals surface area contributed by atoms with Crippen LogP contribution in [0.2, 0.25) is 0 Å². The molecule has 0 aliphatic carbocycles. The average Bonchev–Trinajstić information content (AvgIpc) is 2.14. The maximum atomic E-state index is 11.9. The Kier molecular flexibility index (Phi) is 3.46. The minimum atomic E-state index is -4.40. The Bertz CT molecular complexity index is 346. The summed E-state index contributed by atoms with van der Waals surface area (Å²) in [6, 6.07) is 0. The van der Waals surface area contributed by atoms with E-state index in [1.165, 1.54) is 24.1 Å².